The number of aryl methyl sites for hydroxylation is 2. The molecule has 0 amide bonds. The highest BCUT2D eigenvalue weighted by atomic mass is 15.1. The van der Waals surface area contributed by atoms with Crippen LogP contribution in [0, 0.1) is 13.8 Å². The third-order valence-electron chi connectivity index (χ3n) is 5.26. The molecule has 0 bridgehead atoms. The Bertz CT molecular complexity index is 944. The first kappa shape index (κ1) is 19.1. The first-order valence-corrected chi connectivity index (χ1v) is 10.3. The smallest absolute Gasteiger partial charge is 0.134 e. The summed E-state index contributed by atoms with van der Waals surface area (Å²) in [6.45, 7) is 5.75. The molecule has 29 heavy (non-hydrogen) atoms. The van der Waals surface area contributed by atoms with E-state index in [1.807, 2.05) is 0 Å². The van der Waals surface area contributed by atoms with Crippen LogP contribution in [-0.4, -0.2) is 24.8 Å². The van der Waals surface area contributed by atoms with Gasteiger partial charge in [-0.05, 0) is 37.8 Å². The van der Waals surface area contributed by atoms with Crippen LogP contribution in [0.5, 0.6) is 0 Å². The van der Waals surface area contributed by atoms with Gasteiger partial charge < -0.3 is 5.32 Å². The van der Waals surface area contributed by atoms with E-state index in [1.54, 1.807) is 0 Å². The molecule has 0 aliphatic carbocycles. The summed E-state index contributed by atoms with van der Waals surface area (Å²) < 4.78 is 0. The Morgan fingerprint density at radius 3 is 1.41 bits per heavy atom. The van der Waals surface area contributed by atoms with E-state index in [2.05, 4.69) is 92.0 Å². The van der Waals surface area contributed by atoms with Crippen molar-refractivity contribution in [2.45, 2.75) is 26.7 Å². The van der Waals surface area contributed by atoms with Crippen molar-refractivity contribution >= 4 is 11.7 Å². The molecule has 1 aliphatic rings. The fourth-order valence-corrected chi connectivity index (χ4v) is 3.50. The molecule has 4 rings (SSSR count). The molecule has 0 saturated carbocycles. The van der Waals surface area contributed by atoms with Crippen molar-refractivity contribution in [3.05, 3.63) is 106 Å². The van der Waals surface area contributed by atoms with E-state index in [1.165, 1.54) is 22.3 Å². The summed E-state index contributed by atoms with van der Waals surface area (Å²) >= 11 is 0. The van der Waals surface area contributed by atoms with Crippen molar-refractivity contribution in [1.82, 2.24) is 5.32 Å². The molecule has 3 aromatic carbocycles. The highest BCUT2D eigenvalue weighted by Crippen LogP contribution is 2.17. The van der Waals surface area contributed by atoms with Crippen molar-refractivity contribution in [3.63, 3.8) is 0 Å². The Kier molecular flexibility index (Phi) is 5.85. The molecule has 1 N–H and O–H groups in total. The quantitative estimate of drug-likeness (QED) is 0.649. The zero-order valence-corrected chi connectivity index (χ0v) is 17.2. The maximum atomic E-state index is 4.83. The summed E-state index contributed by atoms with van der Waals surface area (Å²) in [6, 6.07) is 25.7. The van der Waals surface area contributed by atoms with Gasteiger partial charge in [0.05, 0.1) is 0 Å². The molecule has 0 atom stereocenters. The first-order valence-electron chi connectivity index (χ1n) is 10.3. The maximum absolute atomic E-state index is 4.83. The van der Waals surface area contributed by atoms with Crippen LogP contribution in [0.1, 0.15) is 33.4 Å². The molecule has 1 heterocycles. The normalized spacial score (nSPS) is 15.5. The van der Waals surface area contributed by atoms with Crippen LogP contribution in [0.4, 0.5) is 0 Å². The Balaban J connectivity index is 1.43. The topological polar surface area (TPSA) is 36.8 Å². The Labute approximate surface area is 173 Å². The van der Waals surface area contributed by atoms with E-state index >= 15 is 0 Å². The number of rotatable bonds is 6. The highest BCUT2D eigenvalue weighted by Gasteiger charge is 2.22. The van der Waals surface area contributed by atoms with Crippen LogP contribution >= 0.6 is 0 Å². The van der Waals surface area contributed by atoms with E-state index < -0.39 is 0 Å². The maximum Gasteiger partial charge on any atom is 0.134 e. The largest absolute Gasteiger partial charge is 0.325 e. The van der Waals surface area contributed by atoms with Crippen molar-refractivity contribution in [1.29, 1.82) is 0 Å². The van der Waals surface area contributed by atoms with Crippen LogP contribution in [0.2, 0.25) is 0 Å². The standard InChI is InChI=1S/C26H27N3/c1-19-7-11-21(12-8-19)15-17-27-25-23-5-3-4-6-24(23)26(29-25)28-18-16-22-13-9-20(2)10-14-22/h3-14H,15-18H2,1-2H3,(H,27,28,29). The fraction of sp³-hybridized carbons (Fsp3) is 0.231. The van der Waals surface area contributed by atoms with Gasteiger partial charge in [0, 0.05) is 24.2 Å². The van der Waals surface area contributed by atoms with Gasteiger partial charge in [0.1, 0.15) is 11.7 Å². The minimum absolute atomic E-state index is 0.760. The van der Waals surface area contributed by atoms with Gasteiger partial charge in [0.2, 0.25) is 0 Å². The second-order valence-corrected chi connectivity index (χ2v) is 7.60. The number of nitrogens with zero attached hydrogens (tertiary/aromatic N) is 2. The van der Waals surface area contributed by atoms with Gasteiger partial charge in [0.25, 0.3) is 0 Å². The van der Waals surface area contributed by atoms with Crippen LogP contribution in [0.15, 0.2) is 82.8 Å². The van der Waals surface area contributed by atoms with Gasteiger partial charge in [-0.2, -0.15) is 0 Å². The lowest BCUT2D eigenvalue weighted by atomic mass is 10.1. The molecule has 3 nitrogen and oxygen atoms in total. The van der Waals surface area contributed by atoms with Crippen LogP contribution in [0.3, 0.4) is 0 Å². The van der Waals surface area contributed by atoms with E-state index in [-0.39, 0.29) is 0 Å². The number of benzene rings is 3. The summed E-state index contributed by atoms with van der Waals surface area (Å²) in [6.07, 6.45) is 1.88. The number of hydrogen-bond acceptors (Lipinski definition) is 2. The van der Waals surface area contributed by atoms with Crippen molar-refractivity contribution in [3.8, 4) is 0 Å². The highest BCUT2D eigenvalue weighted by molar-refractivity contribution is 6.25. The molecule has 0 unspecified atom stereocenters. The zero-order valence-electron chi connectivity index (χ0n) is 17.2. The second kappa shape index (κ2) is 8.87. The third-order valence-corrected chi connectivity index (χ3v) is 5.26. The van der Waals surface area contributed by atoms with Crippen molar-refractivity contribution in [2.24, 2.45) is 9.98 Å². The molecule has 146 valence electrons. The number of fused-ring (bicyclic) bond motifs is 1. The summed E-state index contributed by atoms with van der Waals surface area (Å²) in [5, 5.41) is 3.45. The molecule has 1 aliphatic heterocycles. The number of aliphatic imine (C=N–C) groups is 2. The molecular weight excluding hydrogens is 354 g/mol. The monoisotopic (exact) mass is 381 g/mol. The second-order valence-electron chi connectivity index (χ2n) is 7.60. The van der Waals surface area contributed by atoms with Crippen LogP contribution in [-0.2, 0) is 12.8 Å². The fourth-order valence-electron chi connectivity index (χ4n) is 3.50. The lowest BCUT2D eigenvalue weighted by molar-refractivity contribution is 0.953. The minimum Gasteiger partial charge on any atom is -0.325 e. The molecule has 0 radical (unpaired) electrons. The summed E-state index contributed by atoms with van der Waals surface area (Å²) in [4.78, 5) is 9.67. The lowest BCUT2D eigenvalue weighted by Crippen LogP contribution is -2.23. The van der Waals surface area contributed by atoms with Crippen LogP contribution in [0.25, 0.3) is 0 Å². The summed E-state index contributed by atoms with van der Waals surface area (Å²) in [5.41, 5.74) is 7.50. The number of hydrogen-bond donors (Lipinski definition) is 1. The van der Waals surface area contributed by atoms with E-state index in [0.717, 1.165) is 48.7 Å². The molecular formula is C26H27N3. The van der Waals surface area contributed by atoms with Gasteiger partial charge in [-0.15, -0.1) is 0 Å². The predicted molar refractivity (Wildman–Crippen MR) is 122 cm³/mol. The van der Waals surface area contributed by atoms with Gasteiger partial charge >= 0.3 is 0 Å². The summed E-state index contributed by atoms with van der Waals surface area (Å²) in [5.74, 6) is 1.86. The van der Waals surface area contributed by atoms with Gasteiger partial charge in [-0.1, -0.05) is 83.9 Å². The van der Waals surface area contributed by atoms with Gasteiger partial charge in [0.15, 0.2) is 0 Å². The number of amidine groups is 2. The SMILES string of the molecule is Cc1ccc(CCN=C2NC(=NCCc3ccc(C)cc3)c3ccccc32)cc1. The molecule has 3 heteroatoms. The Morgan fingerprint density at radius 1 is 0.586 bits per heavy atom. The average Bonchev–Trinajstić information content (AvgIpc) is 3.09. The zero-order chi connectivity index (χ0) is 20.1. The van der Waals surface area contributed by atoms with Crippen LogP contribution < -0.4 is 5.32 Å². The molecule has 0 spiro atoms. The minimum atomic E-state index is 0.760. The van der Waals surface area contributed by atoms with Crippen molar-refractivity contribution < 1.29 is 0 Å². The molecule has 0 aromatic heterocycles. The molecule has 0 saturated heterocycles. The molecule has 3 aromatic rings. The van der Waals surface area contributed by atoms with E-state index in [0.29, 0.717) is 0 Å². The summed E-state index contributed by atoms with van der Waals surface area (Å²) in [7, 11) is 0. The Morgan fingerprint density at radius 2 is 1.00 bits per heavy atom. The lowest BCUT2D eigenvalue weighted by Gasteiger charge is -2.03. The average molecular weight is 382 g/mol. The Hall–Kier alpha value is -3.20. The van der Waals surface area contributed by atoms with Crippen molar-refractivity contribution in [2.75, 3.05) is 13.1 Å². The predicted octanol–water partition coefficient (Wildman–Crippen LogP) is 4.89. The van der Waals surface area contributed by atoms with Gasteiger partial charge in [-0.25, -0.2) is 0 Å². The number of nitrogens with one attached hydrogen (secondary N) is 1. The third kappa shape index (κ3) is 4.80. The van der Waals surface area contributed by atoms with Gasteiger partial charge in [-0.3, -0.25) is 9.98 Å². The molecule has 0 fully saturated rings. The van der Waals surface area contributed by atoms with E-state index in [4.69, 9.17) is 9.98 Å². The first-order chi connectivity index (χ1) is 14.2. The van der Waals surface area contributed by atoms with E-state index in [9.17, 15) is 0 Å².